The number of fused-ring (bicyclic) bond motifs is 2. The van der Waals surface area contributed by atoms with Crippen LogP contribution in [0.25, 0.3) is 22.9 Å². The summed E-state index contributed by atoms with van der Waals surface area (Å²) in [4.78, 5) is 4.49. The largest absolute Gasteiger partial charge is 0.493 e. The first-order chi connectivity index (χ1) is 12.3. The first kappa shape index (κ1) is 15.3. The monoisotopic (exact) mass is 335 g/mol. The second kappa shape index (κ2) is 6.36. The molecule has 0 bridgehead atoms. The molecule has 5 heteroatoms. The summed E-state index contributed by atoms with van der Waals surface area (Å²) in [6.07, 6.45) is 5.76. The van der Waals surface area contributed by atoms with Crippen LogP contribution in [0, 0.1) is 0 Å². The molecule has 0 saturated carbocycles. The average Bonchev–Trinajstić information content (AvgIpc) is 3.12. The van der Waals surface area contributed by atoms with Crippen LogP contribution < -0.4 is 18.9 Å². The van der Waals surface area contributed by atoms with Crippen LogP contribution in [0.4, 0.5) is 0 Å². The van der Waals surface area contributed by atoms with Gasteiger partial charge in [-0.1, -0.05) is 12.1 Å². The minimum Gasteiger partial charge on any atom is -0.493 e. The van der Waals surface area contributed by atoms with Gasteiger partial charge < -0.3 is 18.9 Å². The van der Waals surface area contributed by atoms with Crippen molar-refractivity contribution in [3.63, 3.8) is 0 Å². The molecule has 0 fully saturated rings. The number of rotatable bonds is 4. The lowest BCUT2D eigenvalue weighted by atomic mass is 10.1. The smallest absolute Gasteiger partial charge is 0.231 e. The number of benzene rings is 2. The second-order valence-corrected chi connectivity index (χ2v) is 5.57. The van der Waals surface area contributed by atoms with E-state index in [4.69, 9.17) is 18.9 Å². The van der Waals surface area contributed by atoms with Gasteiger partial charge in [-0.2, -0.15) is 0 Å². The van der Waals surface area contributed by atoms with Crippen LogP contribution in [0.2, 0.25) is 0 Å². The first-order valence-corrected chi connectivity index (χ1v) is 7.87. The SMILES string of the molecule is COc1cc2ccnc(/C=C/c3ccc4c(c3)OCO4)c2cc1OC. The highest BCUT2D eigenvalue weighted by atomic mass is 16.7. The molecule has 1 aromatic heterocycles. The van der Waals surface area contributed by atoms with Crippen molar-refractivity contribution in [2.75, 3.05) is 21.0 Å². The van der Waals surface area contributed by atoms with E-state index in [0.717, 1.165) is 33.5 Å². The van der Waals surface area contributed by atoms with Crippen molar-refractivity contribution in [1.29, 1.82) is 0 Å². The number of hydrogen-bond donors (Lipinski definition) is 0. The van der Waals surface area contributed by atoms with Crippen molar-refractivity contribution < 1.29 is 18.9 Å². The maximum atomic E-state index is 5.42. The van der Waals surface area contributed by atoms with Gasteiger partial charge >= 0.3 is 0 Å². The molecule has 2 heterocycles. The lowest BCUT2D eigenvalue weighted by molar-refractivity contribution is 0.174. The highest BCUT2D eigenvalue weighted by Crippen LogP contribution is 2.35. The van der Waals surface area contributed by atoms with Gasteiger partial charge in [0.05, 0.1) is 19.9 Å². The molecule has 3 aromatic rings. The van der Waals surface area contributed by atoms with Crippen molar-refractivity contribution >= 4 is 22.9 Å². The van der Waals surface area contributed by atoms with E-state index in [-0.39, 0.29) is 6.79 Å². The molecule has 5 nitrogen and oxygen atoms in total. The Morgan fingerprint density at radius 3 is 2.56 bits per heavy atom. The summed E-state index contributed by atoms with van der Waals surface area (Å²) in [5.41, 5.74) is 1.87. The van der Waals surface area contributed by atoms with Gasteiger partial charge in [0.2, 0.25) is 6.79 Å². The molecule has 126 valence electrons. The van der Waals surface area contributed by atoms with Gasteiger partial charge in [-0.15, -0.1) is 0 Å². The number of ether oxygens (including phenoxy) is 4. The standard InChI is InChI=1S/C20H17NO4/c1-22-18-10-14-7-8-21-16(15(14)11-19(18)23-2)5-3-13-4-6-17-20(9-13)25-12-24-17/h3-11H,12H2,1-2H3/b5-3+. The highest BCUT2D eigenvalue weighted by molar-refractivity contribution is 5.93. The summed E-state index contributed by atoms with van der Waals surface area (Å²) in [5, 5.41) is 2.04. The predicted molar refractivity (Wildman–Crippen MR) is 96.3 cm³/mol. The van der Waals surface area contributed by atoms with Gasteiger partial charge in [-0.25, -0.2) is 0 Å². The minimum atomic E-state index is 0.273. The van der Waals surface area contributed by atoms with E-state index in [1.54, 1.807) is 20.4 Å². The number of methoxy groups -OCH3 is 2. The van der Waals surface area contributed by atoms with Gasteiger partial charge in [-0.3, -0.25) is 4.98 Å². The molecule has 4 rings (SSSR count). The number of aromatic nitrogens is 1. The Kier molecular flexibility index (Phi) is 3.90. The molecule has 0 radical (unpaired) electrons. The van der Waals surface area contributed by atoms with Crippen molar-refractivity contribution in [2.24, 2.45) is 0 Å². The topological polar surface area (TPSA) is 49.8 Å². The Hall–Kier alpha value is -3.21. The fraction of sp³-hybridized carbons (Fsp3) is 0.150. The van der Waals surface area contributed by atoms with Gasteiger partial charge in [0.15, 0.2) is 23.0 Å². The Morgan fingerprint density at radius 1 is 0.920 bits per heavy atom. The number of nitrogens with zero attached hydrogens (tertiary/aromatic N) is 1. The van der Waals surface area contributed by atoms with Crippen LogP contribution in [-0.2, 0) is 0 Å². The van der Waals surface area contributed by atoms with Crippen LogP contribution in [-0.4, -0.2) is 26.0 Å². The third kappa shape index (κ3) is 2.85. The van der Waals surface area contributed by atoms with Gasteiger partial charge in [0.1, 0.15) is 0 Å². The lowest BCUT2D eigenvalue weighted by Gasteiger charge is -2.10. The maximum Gasteiger partial charge on any atom is 0.231 e. The zero-order valence-corrected chi connectivity index (χ0v) is 14.0. The summed E-state index contributed by atoms with van der Waals surface area (Å²) in [7, 11) is 3.26. The van der Waals surface area contributed by atoms with Gasteiger partial charge in [0, 0.05) is 11.6 Å². The van der Waals surface area contributed by atoms with Crippen molar-refractivity contribution in [3.05, 3.63) is 53.9 Å². The first-order valence-electron chi connectivity index (χ1n) is 7.87. The molecular formula is C20H17NO4. The Labute approximate surface area is 145 Å². The Morgan fingerprint density at radius 2 is 1.72 bits per heavy atom. The van der Waals surface area contributed by atoms with E-state index in [2.05, 4.69) is 4.98 Å². The van der Waals surface area contributed by atoms with Crippen LogP contribution in [0.3, 0.4) is 0 Å². The number of pyridine rings is 1. The number of hydrogen-bond acceptors (Lipinski definition) is 5. The molecule has 0 unspecified atom stereocenters. The molecule has 0 N–H and O–H groups in total. The zero-order chi connectivity index (χ0) is 17.2. The molecule has 1 aliphatic rings. The quantitative estimate of drug-likeness (QED) is 0.717. The van der Waals surface area contributed by atoms with Crippen molar-refractivity contribution in [1.82, 2.24) is 4.98 Å². The molecule has 0 atom stereocenters. The van der Waals surface area contributed by atoms with E-state index in [1.807, 2.05) is 48.6 Å². The summed E-state index contributed by atoms with van der Waals surface area (Å²) in [6, 6.07) is 11.7. The Bertz CT molecular complexity index is 965. The van der Waals surface area contributed by atoms with E-state index in [1.165, 1.54) is 0 Å². The van der Waals surface area contributed by atoms with Crippen molar-refractivity contribution in [2.45, 2.75) is 0 Å². The molecule has 2 aromatic carbocycles. The Balaban J connectivity index is 1.73. The van der Waals surface area contributed by atoms with Gasteiger partial charge in [-0.05, 0) is 47.4 Å². The molecule has 0 saturated heterocycles. The summed E-state index contributed by atoms with van der Waals surface area (Å²) in [5.74, 6) is 2.92. The van der Waals surface area contributed by atoms with Crippen LogP contribution >= 0.6 is 0 Å². The summed E-state index contributed by atoms with van der Waals surface area (Å²) >= 11 is 0. The molecule has 1 aliphatic heterocycles. The molecule has 0 amide bonds. The molecule has 25 heavy (non-hydrogen) atoms. The molecule has 0 spiro atoms. The average molecular weight is 335 g/mol. The maximum absolute atomic E-state index is 5.42. The molecular weight excluding hydrogens is 318 g/mol. The summed E-state index contributed by atoms with van der Waals surface area (Å²) in [6.45, 7) is 0.273. The summed E-state index contributed by atoms with van der Waals surface area (Å²) < 4.78 is 21.5. The zero-order valence-electron chi connectivity index (χ0n) is 14.0. The van der Waals surface area contributed by atoms with Crippen LogP contribution in [0.1, 0.15) is 11.3 Å². The van der Waals surface area contributed by atoms with Crippen LogP contribution in [0.5, 0.6) is 23.0 Å². The van der Waals surface area contributed by atoms with Gasteiger partial charge in [0.25, 0.3) is 0 Å². The normalized spacial score (nSPS) is 12.7. The fourth-order valence-electron chi connectivity index (χ4n) is 2.85. The van der Waals surface area contributed by atoms with E-state index in [0.29, 0.717) is 11.5 Å². The van der Waals surface area contributed by atoms with Crippen LogP contribution in [0.15, 0.2) is 42.6 Å². The third-order valence-electron chi connectivity index (χ3n) is 4.13. The van der Waals surface area contributed by atoms with E-state index >= 15 is 0 Å². The molecule has 0 aliphatic carbocycles. The lowest BCUT2D eigenvalue weighted by Crippen LogP contribution is -1.92. The minimum absolute atomic E-state index is 0.273. The third-order valence-corrected chi connectivity index (χ3v) is 4.13. The fourth-order valence-corrected chi connectivity index (χ4v) is 2.85. The predicted octanol–water partition coefficient (Wildman–Crippen LogP) is 4.15. The van der Waals surface area contributed by atoms with Crippen molar-refractivity contribution in [3.8, 4) is 23.0 Å². The van der Waals surface area contributed by atoms with E-state index in [9.17, 15) is 0 Å². The highest BCUT2D eigenvalue weighted by Gasteiger charge is 2.12. The van der Waals surface area contributed by atoms with E-state index < -0.39 is 0 Å². The second-order valence-electron chi connectivity index (χ2n) is 5.57.